The van der Waals surface area contributed by atoms with Gasteiger partial charge < -0.3 is 0 Å². The van der Waals surface area contributed by atoms with Crippen molar-refractivity contribution in [2.75, 3.05) is 4.90 Å². The maximum absolute atomic E-state index is 14.1. The van der Waals surface area contributed by atoms with Crippen molar-refractivity contribution in [3.05, 3.63) is 99.4 Å². The zero-order valence-electron chi connectivity index (χ0n) is 17.4. The minimum atomic E-state index is -4.98. The molecule has 0 fully saturated rings. The number of nitrogens with zero attached hydrogens (tertiary/aromatic N) is 3. The Balaban J connectivity index is 1.87. The number of nitro groups is 1. The average Bonchev–Trinajstić information content (AvgIpc) is 2.79. The molecule has 0 saturated carbocycles. The van der Waals surface area contributed by atoms with Crippen molar-refractivity contribution in [3.8, 4) is 0 Å². The molecule has 0 saturated heterocycles. The van der Waals surface area contributed by atoms with Crippen LogP contribution in [-0.2, 0) is 0 Å². The first kappa shape index (κ1) is 23.9. The number of benzene rings is 3. The topological polar surface area (TPSA) is 75.8 Å². The van der Waals surface area contributed by atoms with Crippen LogP contribution in [0.25, 0.3) is 0 Å². The van der Waals surface area contributed by atoms with Gasteiger partial charge in [-0.1, -0.05) is 0 Å². The van der Waals surface area contributed by atoms with E-state index < -0.39 is 58.2 Å². The maximum Gasteiger partial charge on any atom is 0.409 e. The first-order chi connectivity index (χ1) is 16.5. The Morgan fingerprint density at radius 1 is 0.971 bits per heavy atom. The van der Waals surface area contributed by atoms with Crippen LogP contribution in [0.5, 0.6) is 0 Å². The van der Waals surface area contributed by atoms with E-state index in [-0.39, 0.29) is 22.6 Å². The molecule has 4 rings (SSSR count). The lowest BCUT2D eigenvalue weighted by atomic mass is 9.92. The summed E-state index contributed by atoms with van der Waals surface area (Å²) < 4.78 is 83.8. The number of halogens is 6. The predicted molar refractivity (Wildman–Crippen MR) is 113 cm³/mol. The molecule has 1 aliphatic heterocycles. The van der Waals surface area contributed by atoms with E-state index in [1.807, 2.05) is 0 Å². The zero-order chi connectivity index (χ0) is 25.5. The van der Waals surface area contributed by atoms with E-state index in [1.165, 1.54) is 12.1 Å². The van der Waals surface area contributed by atoms with Gasteiger partial charge in [-0.3, -0.25) is 24.8 Å². The second kappa shape index (κ2) is 8.85. The van der Waals surface area contributed by atoms with E-state index in [4.69, 9.17) is 0 Å². The standard InChI is InChI=1S/C23H13F6N3O3/c24-13-2-5-15(6-3-13)30-18-11-21(23(27,28)29)31(19-8-4-14(25)10-16(18)19)22(33)12-1-7-20(32(34)35)17(26)9-12/h1-10,21H,11H2. The number of alkyl halides is 3. The number of nitro benzene ring substituents is 1. The van der Waals surface area contributed by atoms with Gasteiger partial charge in [0.25, 0.3) is 5.91 Å². The van der Waals surface area contributed by atoms with E-state index in [1.54, 1.807) is 0 Å². The third kappa shape index (κ3) is 4.72. The minimum absolute atomic E-state index is 0.106. The number of amides is 1. The first-order valence-electron chi connectivity index (χ1n) is 9.93. The van der Waals surface area contributed by atoms with Crippen molar-refractivity contribution < 1.29 is 36.1 Å². The zero-order valence-corrected chi connectivity index (χ0v) is 17.4. The third-order valence-corrected chi connectivity index (χ3v) is 5.31. The summed E-state index contributed by atoms with van der Waals surface area (Å²) in [7, 11) is 0. The van der Waals surface area contributed by atoms with Crippen molar-refractivity contribution in [1.29, 1.82) is 0 Å². The van der Waals surface area contributed by atoms with Crippen LogP contribution >= 0.6 is 0 Å². The number of anilines is 1. The van der Waals surface area contributed by atoms with E-state index >= 15 is 0 Å². The summed E-state index contributed by atoms with van der Waals surface area (Å²) >= 11 is 0. The molecular weight excluding hydrogens is 480 g/mol. The van der Waals surface area contributed by atoms with Gasteiger partial charge in [0.15, 0.2) is 0 Å². The number of hydrogen-bond acceptors (Lipinski definition) is 4. The maximum atomic E-state index is 14.1. The van der Waals surface area contributed by atoms with Crippen molar-refractivity contribution in [2.45, 2.75) is 18.6 Å². The van der Waals surface area contributed by atoms with Crippen molar-refractivity contribution in [3.63, 3.8) is 0 Å². The van der Waals surface area contributed by atoms with Gasteiger partial charge in [0.2, 0.25) is 5.82 Å². The fourth-order valence-electron chi connectivity index (χ4n) is 3.72. The van der Waals surface area contributed by atoms with Crippen LogP contribution < -0.4 is 4.90 Å². The molecule has 0 N–H and O–H groups in total. The van der Waals surface area contributed by atoms with Crippen molar-refractivity contribution >= 4 is 28.7 Å². The van der Waals surface area contributed by atoms with Crippen LogP contribution in [-0.4, -0.2) is 28.8 Å². The second-order valence-electron chi connectivity index (χ2n) is 7.56. The molecule has 6 nitrogen and oxygen atoms in total. The number of hydrogen-bond donors (Lipinski definition) is 0. The first-order valence-corrected chi connectivity index (χ1v) is 9.93. The van der Waals surface area contributed by atoms with Gasteiger partial charge in [0, 0.05) is 23.6 Å². The normalized spacial score (nSPS) is 16.8. The number of rotatable bonds is 3. The highest BCUT2D eigenvalue weighted by Gasteiger charge is 2.50. The average molecular weight is 493 g/mol. The van der Waals surface area contributed by atoms with Crippen LogP contribution in [0.3, 0.4) is 0 Å². The number of carbonyl (C=O) groups is 1. The molecule has 12 heteroatoms. The van der Waals surface area contributed by atoms with E-state index in [9.17, 15) is 41.3 Å². The Bertz CT molecular complexity index is 1360. The Labute approximate surface area is 193 Å². The lowest BCUT2D eigenvalue weighted by Gasteiger charge is -2.38. The highest BCUT2D eigenvalue weighted by atomic mass is 19.4. The summed E-state index contributed by atoms with van der Waals surface area (Å²) in [6.45, 7) is 0. The van der Waals surface area contributed by atoms with Gasteiger partial charge in [0.1, 0.15) is 17.7 Å². The highest BCUT2D eigenvalue weighted by Crippen LogP contribution is 2.40. The quantitative estimate of drug-likeness (QED) is 0.251. The molecule has 0 aromatic heterocycles. The fraction of sp³-hybridized carbons (Fsp3) is 0.130. The summed E-state index contributed by atoms with van der Waals surface area (Å²) in [4.78, 5) is 27.4. The molecule has 3 aromatic carbocycles. The van der Waals surface area contributed by atoms with E-state index in [0.717, 1.165) is 36.4 Å². The lowest BCUT2D eigenvalue weighted by molar-refractivity contribution is -0.387. The van der Waals surface area contributed by atoms with Gasteiger partial charge in [-0.05, 0) is 54.6 Å². The van der Waals surface area contributed by atoms with Crippen LogP contribution in [0.2, 0.25) is 0 Å². The molecule has 0 aliphatic carbocycles. The van der Waals surface area contributed by atoms with Gasteiger partial charge in [-0.2, -0.15) is 17.6 Å². The van der Waals surface area contributed by atoms with Crippen LogP contribution in [0.1, 0.15) is 22.3 Å². The molecule has 0 spiro atoms. The van der Waals surface area contributed by atoms with Gasteiger partial charge in [0.05, 0.1) is 22.0 Å². The summed E-state index contributed by atoms with van der Waals surface area (Å²) in [5.74, 6) is -4.10. The largest absolute Gasteiger partial charge is 0.409 e. The van der Waals surface area contributed by atoms with Crippen molar-refractivity contribution in [1.82, 2.24) is 0 Å². The van der Waals surface area contributed by atoms with Gasteiger partial charge in [-0.15, -0.1) is 0 Å². The fourth-order valence-corrected chi connectivity index (χ4v) is 3.72. The molecule has 1 atom stereocenters. The van der Waals surface area contributed by atoms with Gasteiger partial charge >= 0.3 is 11.9 Å². The summed E-state index contributed by atoms with van der Waals surface area (Å²) in [6.07, 6.45) is -5.86. The molecular formula is C23H13F6N3O3. The second-order valence-corrected chi connectivity index (χ2v) is 7.56. The third-order valence-electron chi connectivity index (χ3n) is 5.31. The number of fused-ring (bicyclic) bond motifs is 1. The highest BCUT2D eigenvalue weighted by molar-refractivity contribution is 6.16. The molecule has 1 aliphatic rings. The number of aliphatic imine (C=N–C) groups is 1. The minimum Gasteiger partial charge on any atom is -0.295 e. The Hall–Kier alpha value is -4.22. The molecule has 0 bridgehead atoms. The molecule has 0 radical (unpaired) electrons. The summed E-state index contributed by atoms with van der Waals surface area (Å²) in [5.41, 5.74) is -2.09. The lowest BCUT2D eigenvalue weighted by Crippen LogP contribution is -2.53. The monoisotopic (exact) mass is 493 g/mol. The Morgan fingerprint density at radius 2 is 1.63 bits per heavy atom. The molecule has 180 valence electrons. The van der Waals surface area contributed by atoms with Crippen molar-refractivity contribution in [2.24, 2.45) is 4.99 Å². The summed E-state index contributed by atoms with van der Waals surface area (Å²) in [6, 6.07) is 6.77. The Kier molecular flexibility index (Phi) is 6.05. The Morgan fingerprint density at radius 3 is 2.23 bits per heavy atom. The van der Waals surface area contributed by atoms with Crippen LogP contribution in [0.4, 0.5) is 43.4 Å². The molecule has 3 aromatic rings. The summed E-state index contributed by atoms with van der Waals surface area (Å²) in [5, 5.41) is 10.8. The predicted octanol–water partition coefficient (Wildman–Crippen LogP) is 6.11. The molecule has 1 heterocycles. The van der Waals surface area contributed by atoms with Crippen LogP contribution in [0.15, 0.2) is 65.7 Å². The molecule has 1 amide bonds. The van der Waals surface area contributed by atoms with Gasteiger partial charge in [-0.25, -0.2) is 8.78 Å². The van der Waals surface area contributed by atoms with Crippen LogP contribution in [0, 0.1) is 27.6 Å². The smallest absolute Gasteiger partial charge is 0.295 e. The molecule has 35 heavy (non-hydrogen) atoms. The SMILES string of the molecule is O=C(c1ccc([N+](=O)[O-])c(F)c1)N1c2ccc(F)cc2C(=Nc2ccc(F)cc2)CC1C(F)(F)F. The van der Waals surface area contributed by atoms with E-state index in [2.05, 4.69) is 4.99 Å². The molecule has 1 unspecified atom stereocenters. The number of carbonyl (C=O) groups excluding carboxylic acids is 1. The van der Waals surface area contributed by atoms with E-state index in [0.29, 0.717) is 17.0 Å².